The molecule has 0 aliphatic carbocycles. The Hall–Kier alpha value is -7.26. The van der Waals surface area contributed by atoms with Gasteiger partial charge in [0.2, 0.25) is 5.60 Å². The van der Waals surface area contributed by atoms with Crippen LogP contribution in [0.2, 0.25) is 0 Å². The van der Waals surface area contributed by atoms with Gasteiger partial charge in [0.05, 0.1) is 52.2 Å². The zero-order chi connectivity index (χ0) is 52.0. The highest BCUT2D eigenvalue weighted by Gasteiger charge is 2.60. The predicted molar refractivity (Wildman–Crippen MR) is 241 cm³/mol. The van der Waals surface area contributed by atoms with E-state index in [1.165, 1.54) is 21.5 Å². The number of rotatable bonds is 12. The number of nitrogen functional groups attached to an aromatic ring is 2. The van der Waals surface area contributed by atoms with Gasteiger partial charge in [-0.3, -0.25) is 28.8 Å². The van der Waals surface area contributed by atoms with Crippen LogP contribution in [0.1, 0.15) is 88.6 Å². The quantitative estimate of drug-likeness (QED) is 0.0374. The number of ether oxygens (including phenoxy) is 5. The number of primary amides is 2. The average molecular weight is 965 g/mol. The van der Waals surface area contributed by atoms with E-state index >= 15 is 0 Å². The smallest absolute Gasteiger partial charge is 0.316 e. The monoisotopic (exact) mass is 964 g/mol. The number of aromatic nitrogens is 6. The summed E-state index contributed by atoms with van der Waals surface area (Å²) >= 11 is 0. The van der Waals surface area contributed by atoms with E-state index in [4.69, 9.17) is 54.7 Å². The van der Waals surface area contributed by atoms with Crippen molar-refractivity contribution in [2.45, 2.75) is 103 Å². The van der Waals surface area contributed by atoms with Gasteiger partial charge in [0, 0.05) is 12.4 Å². The number of aliphatic hydroxyl groups is 4. The fraction of sp³-hybridized carbons (Fsp3) is 0.500. The summed E-state index contributed by atoms with van der Waals surface area (Å²) in [6.45, 7) is 12.4. The maximum atomic E-state index is 12.4. The van der Waals surface area contributed by atoms with Gasteiger partial charge in [-0.1, -0.05) is 67.2 Å². The van der Waals surface area contributed by atoms with Crippen molar-refractivity contribution < 1.29 is 72.9 Å². The van der Waals surface area contributed by atoms with E-state index < -0.39 is 102 Å². The van der Waals surface area contributed by atoms with Crippen LogP contribution in [0.5, 0.6) is 0 Å². The second kappa shape index (κ2) is 21.8. The lowest BCUT2D eigenvalue weighted by molar-refractivity contribution is -0.167. The van der Waals surface area contributed by atoms with Crippen molar-refractivity contribution in [1.29, 1.82) is 0 Å². The number of carbonyl (C=O) groups excluding carboxylic acids is 6. The summed E-state index contributed by atoms with van der Waals surface area (Å²) in [5, 5.41) is 41.9. The van der Waals surface area contributed by atoms with Gasteiger partial charge in [-0.25, -0.2) is 19.9 Å². The van der Waals surface area contributed by atoms with Crippen molar-refractivity contribution in [3.63, 3.8) is 0 Å². The lowest BCUT2D eigenvalue weighted by Gasteiger charge is -2.29. The zero-order valence-electron chi connectivity index (χ0n) is 38.9. The minimum absolute atomic E-state index is 0.00742. The van der Waals surface area contributed by atoms with Gasteiger partial charge in [0.15, 0.2) is 24.2 Å². The largest absolute Gasteiger partial charge is 0.463 e. The number of carbonyl (C=O) groups is 6. The van der Waals surface area contributed by atoms with Gasteiger partial charge in [-0.05, 0) is 0 Å². The van der Waals surface area contributed by atoms with Crippen LogP contribution >= 0.6 is 0 Å². The van der Waals surface area contributed by atoms with Crippen molar-refractivity contribution in [3.8, 4) is 24.7 Å². The lowest BCUT2D eigenvalue weighted by atomic mass is 9.94. The first-order valence-corrected chi connectivity index (χ1v) is 21.2. The van der Waals surface area contributed by atoms with Gasteiger partial charge in [0.25, 0.3) is 11.8 Å². The van der Waals surface area contributed by atoms with Crippen LogP contribution in [0.4, 0.5) is 11.6 Å². The molecule has 0 unspecified atom stereocenters. The van der Waals surface area contributed by atoms with Crippen LogP contribution in [0, 0.1) is 48.4 Å². The van der Waals surface area contributed by atoms with Crippen molar-refractivity contribution >= 4 is 69.4 Å². The Kier molecular flexibility index (Phi) is 17.2. The molecule has 6 rings (SSSR count). The average Bonchev–Trinajstić information content (AvgIpc) is 4.02. The fourth-order valence-corrected chi connectivity index (χ4v) is 6.71. The van der Waals surface area contributed by atoms with E-state index in [1.807, 2.05) is 0 Å². The molecule has 4 aromatic rings. The first-order chi connectivity index (χ1) is 32.2. The number of hydrogen-bond acceptors (Lipinski definition) is 21. The van der Waals surface area contributed by atoms with Gasteiger partial charge < -0.3 is 76.2 Å². The van der Waals surface area contributed by atoms with Crippen molar-refractivity contribution in [1.82, 2.24) is 29.1 Å². The second-order valence-electron chi connectivity index (χ2n) is 17.0. The highest BCUT2D eigenvalue weighted by atomic mass is 16.6. The molecule has 0 radical (unpaired) electrons. The van der Waals surface area contributed by atoms with Crippen LogP contribution in [-0.2, 0) is 42.9 Å². The first kappa shape index (κ1) is 54.3. The van der Waals surface area contributed by atoms with Crippen molar-refractivity contribution in [3.05, 3.63) is 36.2 Å². The van der Waals surface area contributed by atoms with Crippen LogP contribution in [0.15, 0.2) is 25.0 Å². The Morgan fingerprint density at radius 1 is 0.696 bits per heavy atom. The number of nitrogens with two attached hydrogens (primary N) is 4. The second-order valence-corrected chi connectivity index (χ2v) is 17.0. The predicted octanol–water partition coefficient (Wildman–Crippen LogP) is -0.763. The van der Waals surface area contributed by atoms with Crippen LogP contribution in [0.25, 0.3) is 22.1 Å². The van der Waals surface area contributed by atoms with Gasteiger partial charge in [0.1, 0.15) is 60.5 Å². The molecule has 2 aliphatic rings. The van der Waals surface area contributed by atoms with Gasteiger partial charge in [-0.15, -0.1) is 12.8 Å². The maximum Gasteiger partial charge on any atom is 0.316 e. The summed E-state index contributed by atoms with van der Waals surface area (Å²) in [6, 6.07) is 0. The summed E-state index contributed by atoms with van der Waals surface area (Å²) in [6.07, 6.45) is 7.96. The van der Waals surface area contributed by atoms with E-state index in [2.05, 4.69) is 36.5 Å². The third kappa shape index (κ3) is 11.0. The molecular formula is C44H56N10O15. The number of amides is 2. The topological polar surface area (TPSA) is 395 Å². The molecule has 0 spiro atoms. The molecule has 2 saturated heterocycles. The molecule has 25 nitrogen and oxygen atoms in total. The van der Waals surface area contributed by atoms with E-state index in [-0.39, 0.29) is 63.3 Å². The molecule has 4 aromatic heterocycles. The molecule has 2 aliphatic heterocycles. The lowest BCUT2D eigenvalue weighted by Crippen LogP contribution is -2.49. The molecule has 0 aromatic carbocycles. The number of hydrogen-bond donors (Lipinski definition) is 8. The van der Waals surface area contributed by atoms with Crippen LogP contribution < -0.4 is 22.9 Å². The Labute approximate surface area is 394 Å². The van der Waals surface area contributed by atoms with Crippen molar-refractivity contribution in [2.24, 2.45) is 35.1 Å². The summed E-state index contributed by atoms with van der Waals surface area (Å²) in [5.74, 6) is -0.825. The maximum absolute atomic E-state index is 12.4. The summed E-state index contributed by atoms with van der Waals surface area (Å²) in [5.41, 5.74) is 18.4. The SMILES string of the molecule is C#C[C@@]1(O)[C@H](O)[C@@H](CO)O[C@H]1n1cc(C(N)=O)c2c(N)ncnc21.C#C[C@@]1(O)[C@H](OC(=O)C(C)C)[C@@H](COC(=O)C(C)C)O[C@H]1n1cc(C(N)=O)c2c(N)ncnc21.CC(C)C(=O)OC(=O)C(C)C. The molecule has 12 N–H and O–H groups in total. The first-order valence-electron chi connectivity index (χ1n) is 21.2. The number of fused-ring (bicyclic) bond motifs is 2. The highest BCUT2D eigenvalue weighted by Crippen LogP contribution is 2.44. The molecule has 0 bridgehead atoms. The molecular weight excluding hydrogens is 909 g/mol. The third-order valence-electron chi connectivity index (χ3n) is 10.6. The molecule has 8 atom stereocenters. The summed E-state index contributed by atoms with van der Waals surface area (Å²) < 4.78 is 29.2. The highest BCUT2D eigenvalue weighted by molar-refractivity contribution is 6.09. The minimum Gasteiger partial charge on any atom is -0.463 e. The van der Waals surface area contributed by atoms with Crippen LogP contribution in [-0.4, -0.2) is 134 Å². The standard InChI is InChI=1S/C22H27N5O7.C14H15N5O5.C8H14O3/c1-6-22(31)15(34-20(30)11(4)5)13(8-32-19(29)10(2)3)33-21(22)27-7-12(17(24)28)14-16(23)25-9-26-18(14)27;1-2-14(23)9(21)7(4-20)24-13(14)19-3-6(11(16)22)8-10(15)17-5-18-12(8)19;1-5(2)7(9)11-8(10)6(3)4/h1,7,9-11,13,15,21,31H,8H2,2-5H3,(H2,24,28)(H2,23,25,26);1,3,5,7,9,13,20-21,23H,4H2,(H2,16,22)(H2,15,17,18);5-6H,1-4H3/t13-,15-,21-,22-;7-,9-,13-,14-;/m11./s1. The number of terminal acetylenes is 2. The molecule has 69 heavy (non-hydrogen) atoms. The zero-order valence-corrected chi connectivity index (χ0v) is 38.9. The molecule has 2 fully saturated rings. The van der Waals surface area contributed by atoms with Gasteiger partial charge >= 0.3 is 23.9 Å². The van der Waals surface area contributed by atoms with E-state index in [0.717, 1.165) is 12.7 Å². The van der Waals surface area contributed by atoms with Gasteiger partial charge in [-0.2, -0.15) is 0 Å². The molecule has 2 amide bonds. The summed E-state index contributed by atoms with van der Waals surface area (Å²) in [7, 11) is 0. The van der Waals surface area contributed by atoms with E-state index in [0.29, 0.717) is 0 Å². The van der Waals surface area contributed by atoms with E-state index in [9.17, 15) is 49.2 Å². The number of aliphatic hydroxyl groups excluding tert-OH is 2. The molecule has 0 saturated carbocycles. The Morgan fingerprint density at radius 3 is 1.48 bits per heavy atom. The molecule has 6 heterocycles. The Balaban J connectivity index is 0.000000256. The van der Waals surface area contributed by atoms with Crippen molar-refractivity contribution in [2.75, 3.05) is 24.7 Å². The number of esters is 4. The third-order valence-corrected chi connectivity index (χ3v) is 10.6. The normalized spacial score (nSPS) is 24.0. The summed E-state index contributed by atoms with van der Waals surface area (Å²) in [4.78, 5) is 85.6. The minimum atomic E-state index is -2.24. The molecule has 372 valence electrons. The van der Waals surface area contributed by atoms with Crippen LogP contribution in [0.3, 0.4) is 0 Å². The fourth-order valence-electron chi connectivity index (χ4n) is 6.71. The molecule has 25 heteroatoms. The number of nitrogens with zero attached hydrogens (tertiary/aromatic N) is 6. The Morgan fingerprint density at radius 2 is 1.10 bits per heavy atom. The number of anilines is 2. The Bertz CT molecular complexity index is 2670. The van der Waals surface area contributed by atoms with E-state index in [1.54, 1.807) is 55.4 Å².